The van der Waals surface area contributed by atoms with Crippen molar-refractivity contribution < 1.29 is 4.74 Å². The number of hydrogen-bond donors (Lipinski definition) is 0. The number of nitriles is 1. The van der Waals surface area contributed by atoms with Gasteiger partial charge in [-0.3, -0.25) is 0 Å². The van der Waals surface area contributed by atoms with E-state index in [1.165, 1.54) is 32.1 Å². The lowest BCUT2D eigenvalue weighted by Crippen LogP contribution is -1.98. The predicted molar refractivity (Wildman–Crippen MR) is 75.0 cm³/mol. The van der Waals surface area contributed by atoms with Gasteiger partial charge in [-0.05, 0) is 24.6 Å². The predicted octanol–water partition coefficient (Wildman–Crippen LogP) is 4.95. The summed E-state index contributed by atoms with van der Waals surface area (Å²) in [7, 11) is 0. The molecule has 0 spiro atoms. The first-order valence-electron chi connectivity index (χ1n) is 6.60. The van der Waals surface area contributed by atoms with Crippen LogP contribution in [0.2, 0.25) is 5.02 Å². The van der Waals surface area contributed by atoms with E-state index >= 15 is 0 Å². The molecule has 0 saturated heterocycles. The molecule has 0 aliphatic carbocycles. The molecule has 2 nitrogen and oxygen atoms in total. The molecule has 0 aliphatic rings. The molecule has 98 valence electrons. The molecule has 0 saturated carbocycles. The van der Waals surface area contributed by atoms with Crippen molar-refractivity contribution in [2.45, 2.75) is 45.4 Å². The Labute approximate surface area is 115 Å². The van der Waals surface area contributed by atoms with E-state index in [-0.39, 0.29) is 0 Å². The second kappa shape index (κ2) is 8.83. The summed E-state index contributed by atoms with van der Waals surface area (Å²) in [6, 6.07) is 7.17. The molecule has 1 rings (SSSR count). The molecule has 0 N–H and O–H groups in total. The maximum Gasteiger partial charge on any atom is 0.137 e. The number of unbranched alkanes of at least 4 members (excludes halogenated alkanes) is 5. The first-order valence-corrected chi connectivity index (χ1v) is 6.98. The van der Waals surface area contributed by atoms with Gasteiger partial charge in [0.25, 0.3) is 0 Å². The smallest absolute Gasteiger partial charge is 0.137 e. The van der Waals surface area contributed by atoms with E-state index in [0.29, 0.717) is 22.9 Å². The van der Waals surface area contributed by atoms with Crippen LogP contribution in [0.15, 0.2) is 18.2 Å². The van der Waals surface area contributed by atoms with Crippen molar-refractivity contribution in [2.75, 3.05) is 6.61 Å². The quantitative estimate of drug-likeness (QED) is 0.623. The highest BCUT2D eigenvalue weighted by Gasteiger charge is 2.02. The van der Waals surface area contributed by atoms with Gasteiger partial charge in [-0.15, -0.1) is 0 Å². The van der Waals surface area contributed by atoms with Crippen molar-refractivity contribution in [3.8, 4) is 11.8 Å². The molecule has 0 heterocycles. The number of benzene rings is 1. The van der Waals surface area contributed by atoms with Gasteiger partial charge in [0.2, 0.25) is 0 Å². The SMILES string of the molecule is CCCCCCCCOc1ccc(C#N)cc1Cl. The van der Waals surface area contributed by atoms with E-state index < -0.39 is 0 Å². The van der Waals surface area contributed by atoms with Gasteiger partial charge in [0.1, 0.15) is 5.75 Å². The summed E-state index contributed by atoms with van der Waals surface area (Å²) < 4.78 is 5.60. The minimum absolute atomic E-state index is 0.514. The average molecular weight is 266 g/mol. The number of rotatable bonds is 8. The van der Waals surface area contributed by atoms with Crippen molar-refractivity contribution in [3.63, 3.8) is 0 Å². The molecule has 0 fully saturated rings. The molecule has 18 heavy (non-hydrogen) atoms. The Bertz CT molecular complexity index is 398. The highest BCUT2D eigenvalue weighted by molar-refractivity contribution is 6.32. The lowest BCUT2D eigenvalue weighted by molar-refractivity contribution is 0.304. The number of ether oxygens (including phenoxy) is 1. The average Bonchev–Trinajstić information content (AvgIpc) is 2.39. The lowest BCUT2D eigenvalue weighted by Gasteiger charge is -2.07. The van der Waals surface area contributed by atoms with Crippen LogP contribution in [0, 0.1) is 11.3 Å². The van der Waals surface area contributed by atoms with Gasteiger partial charge in [-0.25, -0.2) is 0 Å². The van der Waals surface area contributed by atoms with Crippen molar-refractivity contribution in [1.29, 1.82) is 5.26 Å². The van der Waals surface area contributed by atoms with E-state index in [1.54, 1.807) is 18.2 Å². The maximum absolute atomic E-state index is 8.72. The van der Waals surface area contributed by atoms with E-state index in [2.05, 4.69) is 13.0 Å². The molecular weight excluding hydrogens is 246 g/mol. The topological polar surface area (TPSA) is 33.0 Å². The van der Waals surface area contributed by atoms with Crippen molar-refractivity contribution in [2.24, 2.45) is 0 Å². The van der Waals surface area contributed by atoms with Crippen LogP contribution in [-0.2, 0) is 0 Å². The van der Waals surface area contributed by atoms with Crippen LogP contribution in [-0.4, -0.2) is 6.61 Å². The van der Waals surface area contributed by atoms with Crippen LogP contribution in [0.4, 0.5) is 0 Å². The zero-order chi connectivity index (χ0) is 13.2. The summed E-state index contributed by atoms with van der Waals surface area (Å²) in [5.41, 5.74) is 0.562. The first-order chi connectivity index (χ1) is 8.77. The molecule has 3 heteroatoms. The Morgan fingerprint density at radius 1 is 1.17 bits per heavy atom. The summed E-state index contributed by atoms with van der Waals surface area (Å²) in [5, 5.41) is 9.23. The fraction of sp³-hybridized carbons (Fsp3) is 0.533. The molecule has 1 aromatic carbocycles. The maximum atomic E-state index is 8.72. The monoisotopic (exact) mass is 265 g/mol. The Balaban J connectivity index is 2.21. The van der Waals surface area contributed by atoms with E-state index in [1.807, 2.05) is 0 Å². The van der Waals surface area contributed by atoms with Crippen molar-refractivity contribution in [1.82, 2.24) is 0 Å². The van der Waals surface area contributed by atoms with Crippen LogP contribution >= 0.6 is 11.6 Å². The summed E-state index contributed by atoms with van der Waals surface area (Å²) in [6.07, 6.45) is 7.44. The van der Waals surface area contributed by atoms with Crippen molar-refractivity contribution in [3.05, 3.63) is 28.8 Å². The molecule has 1 aromatic rings. The second-order valence-corrected chi connectivity index (χ2v) is 4.78. The third-order valence-corrected chi connectivity index (χ3v) is 3.11. The molecule has 0 atom stereocenters. The zero-order valence-electron chi connectivity index (χ0n) is 10.9. The summed E-state index contributed by atoms with van der Waals surface area (Å²) in [6.45, 7) is 2.91. The zero-order valence-corrected chi connectivity index (χ0v) is 11.7. The Morgan fingerprint density at radius 3 is 2.56 bits per heavy atom. The number of hydrogen-bond acceptors (Lipinski definition) is 2. The minimum Gasteiger partial charge on any atom is -0.492 e. The Kier molecular flexibility index (Phi) is 7.29. The van der Waals surface area contributed by atoms with Gasteiger partial charge in [0.05, 0.1) is 23.3 Å². The molecule has 0 aliphatic heterocycles. The Hall–Kier alpha value is -1.20. The van der Waals surface area contributed by atoms with Gasteiger partial charge < -0.3 is 4.74 Å². The molecule has 0 bridgehead atoms. The van der Waals surface area contributed by atoms with E-state index in [0.717, 1.165) is 6.42 Å². The van der Waals surface area contributed by atoms with Crippen LogP contribution < -0.4 is 4.74 Å². The highest BCUT2D eigenvalue weighted by atomic mass is 35.5. The number of halogens is 1. The van der Waals surface area contributed by atoms with Gasteiger partial charge in [0, 0.05) is 0 Å². The van der Waals surface area contributed by atoms with Gasteiger partial charge >= 0.3 is 0 Å². The fourth-order valence-corrected chi connectivity index (χ4v) is 1.99. The summed E-state index contributed by atoms with van der Waals surface area (Å²) >= 11 is 6.01. The molecular formula is C15H20ClNO. The van der Waals surface area contributed by atoms with Crippen molar-refractivity contribution >= 4 is 11.6 Å². The normalized spacial score (nSPS) is 10.1. The van der Waals surface area contributed by atoms with Gasteiger partial charge in [0.15, 0.2) is 0 Å². The second-order valence-electron chi connectivity index (χ2n) is 4.37. The lowest BCUT2D eigenvalue weighted by atomic mass is 10.1. The fourth-order valence-electron chi connectivity index (χ4n) is 1.75. The third kappa shape index (κ3) is 5.42. The molecule has 0 radical (unpaired) electrons. The van der Waals surface area contributed by atoms with Crippen LogP contribution in [0.5, 0.6) is 5.75 Å². The largest absolute Gasteiger partial charge is 0.492 e. The standard InChI is InChI=1S/C15H20ClNO/c1-2-3-4-5-6-7-10-18-15-9-8-13(12-17)11-14(15)16/h8-9,11H,2-7,10H2,1H3. The Morgan fingerprint density at radius 2 is 1.89 bits per heavy atom. The summed E-state index contributed by atoms with van der Waals surface area (Å²) in [5.74, 6) is 0.671. The van der Waals surface area contributed by atoms with Crippen LogP contribution in [0.1, 0.15) is 51.0 Å². The van der Waals surface area contributed by atoms with Crippen LogP contribution in [0.3, 0.4) is 0 Å². The number of nitrogens with zero attached hydrogens (tertiary/aromatic N) is 1. The summed E-state index contributed by atoms with van der Waals surface area (Å²) in [4.78, 5) is 0. The molecule has 0 unspecified atom stereocenters. The molecule has 0 aromatic heterocycles. The highest BCUT2D eigenvalue weighted by Crippen LogP contribution is 2.25. The van der Waals surface area contributed by atoms with Gasteiger partial charge in [-0.1, -0.05) is 50.6 Å². The van der Waals surface area contributed by atoms with E-state index in [9.17, 15) is 0 Å². The first kappa shape index (κ1) is 14.9. The van der Waals surface area contributed by atoms with Gasteiger partial charge in [-0.2, -0.15) is 5.26 Å². The minimum atomic E-state index is 0.514. The molecule has 0 amide bonds. The van der Waals surface area contributed by atoms with Crippen LogP contribution in [0.25, 0.3) is 0 Å². The van der Waals surface area contributed by atoms with E-state index in [4.69, 9.17) is 21.6 Å². The third-order valence-electron chi connectivity index (χ3n) is 2.82.